The van der Waals surface area contributed by atoms with E-state index < -0.39 is 0 Å². The Kier molecular flexibility index (Phi) is 4.70. The van der Waals surface area contributed by atoms with E-state index >= 15 is 0 Å². The van der Waals surface area contributed by atoms with E-state index in [1.54, 1.807) is 29.2 Å². The van der Waals surface area contributed by atoms with Gasteiger partial charge in [0.2, 0.25) is 11.8 Å². The second kappa shape index (κ2) is 7.40. The van der Waals surface area contributed by atoms with Crippen molar-refractivity contribution in [2.45, 2.75) is 19.3 Å². The van der Waals surface area contributed by atoms with E-state index in [0.29, 0.717) is 30.6 Å². The van der Waals surface area contributed by atoms with Crippen molar-refractivity contribution in [1.29, 1.82) is 0 Å². The van der Waals surface area contributed by atoms with Gasteiger partial charge in [-0.2, -0.15) is 0 Å². The largest absolute Gasteiger partial charge is 0.308 e. The molecular formula is C23H20BrN3O3. The minimum atomic E-state index is -0.355. The summed E-state index contributed by atoms with van der Waals surface area (Å²) < 4.78 is 0.993. The molecule has 0 saturated carbocycles. The molecule has 0 radical (unpaired) electrons. The first-order chi connectivity index (χ1) is 14.5. The van der Waals surface area contributed by atoms with Gasteiger partial charge in [0.15, 0.2) is 0 Å². The highest BCUT2D eigenvalue weighted by Gasteiger charge is 2.42. The summed E-state index contributed by atoms with van der Waals surface area (Å²) in [5.74, 6) is -1.08. The molecule has 152 valence electrons. The Morgan fingerprint density at radius 1 is 1.03 bits per heavy atom. The summed E-state index contributed by atoms with van der Waals surface area (Å²) in [7, 11) is 0. The van der Waals surface area contributed by atoms with Crippen molar-refractivity contribution >= 4 is 45.0 Å². The Labute approximate surface area is 182 Å². The summed E-state index contributed by atoms with van der Waals surface area (Å²) >= 11 is 3.48. The third-order valence-corrected chi connectivity index (χ3v) is 6.56. The van der Waals surface area contributed by atoms with Crippen LogP contribution in [0, 0.1) is 11.8 Å². The summed E-state index contributed by atoms with van der Waals surface area (Å²) in [6, 6.07) is 12.8. The van der Waals surface area contributed by atoms with Crippen molar-refractivity contribution in [3.8, 4) is 0 Å². The Morgan fingerprint density at radius 2 is 1.83 bits per heavy atom. The summed E-state index contributed by atoms with van der Waals surface area (Å²) in [5, 5.41) is 1.30. The van der Waals surface area contributed by atoms with Crippen LogP contribution in [-0.2, 0) is 16.0 Å². The second-order valence-corrected chi connectivity index (χ2v) is 8.75. The number of nitrogens with one attached hydrogen (secondary N) is 1. The van der Waals surface area contributed by atoms with E-state index in [0.717, 1.165) is 22.1 Å². The number of rotatable bonds is 2. The number of benzene rings is 2. The van der Waals surface area contributed by atoms with Gasteiger partial charge in [-0.1, -0.05) is 34.1 Å². The molecule has 2 unspecified atom stereocenters. The van der Waals surface area contributed by atoms with Crippen LogP contribution in [0.5, 0.6) is 0 Å². The van der Waals surface area contributed by atoms with Crippen LogP contribution in [0.3, 0.4) is 0 Å². The minimum absolute atomic E-state index is 0.118. The Bertz CT molecular complexity index is 1100. The van der Waals surface area contributed by atoms with Crippen molar-refractivity contribution in [2.24, 2.45) is 11.8 Å². The number of hydrazine groups is 1. The number of allylic oxidation sites excluding steroid dienone is 2. The van der Waals surface area contributed by atoms with Crippen LogP contribution >= 0.6 is 15.9 Å². The first kappa shape index (κ1) is 19.1. The summed E-state index contributed by atoms with van der Waals surface area (Å²) in [6.45, 7) is 0.615. The van der Waals surface area contributed by atoms with Gasteiger partial charge in [0, 0.05) is 22.3 Å². The molecule has 0 aromatic heterocycles. The average Bonchev–Trinajstić information content (AvgIpc) is 3.19. The molecule has 7 heteroatoms. The third kappa shape index (κ3) is 3.13. The maximum absolute atomic E-state index is 13.2. The van der Waals surface area contributed by atoms with Gasteiger partial charge in [-0.25, -0.2) is 5.01 Å². The number of hydrogen-bond donors (Lipinski definition) is 1. The van der Waals surface area contributed by atoms with Crippen molar-refractivity contribution in [3.05, 3.63) is 70.2 Å². The molecule has 0 spiro atoms. The van der Waals surface area contributed by atoms with Crippen LogP contribution in [0.15, 0.2) is 59.1 Å². The van der Waals surface area contributed by atoms with E-state index in [2.05, 4.69) is 21.4 Å². The maximum Gasteiger partial charge on any atom is 0.258 e. The molecule has 30 heavy (non-hydrogen) atoms. The minimum Gasteiger partial charge on any atom is -0.308 e. The van der Waals surface area contributed by atoms with Gasteiger partial charge in [-0.05, 0) is 61.2 Å². The quantitative estimate of drug-likeness (QED) is 0.688. The van der Waals surface area contributed by atoms with Gasteiger partial charge in [-0.3, -0.25) is 19.8 Å². The zero-order chi connectivity index (χ0) is 20.8. The van der Waals surface area contributed by atoms with E-state index in [4.69, 9.17) is 0 Å². The summed E-state index contributed by atoms with van der Waals surface area (Å²) in [6.07, 6.45) is 5.86. The average molecular weight is 466 g/mol. The van der Waals surface area contributed by atoms with Gasteiger partial charge >= 0.3 is 0 Å². The maximum atomic E-state index is 13.2. The van der Waals surface area contributed by atoms with Crippen LogP contribution in [0.2, 0.25) is 0 Å². The normalized spacial score (nSPS) is 22.6. The van der Waals surface area contributed by atoms with Gasteiger partial charge in [0.25, 0.3) is 5.91 Å². The molecule has 3 amide bonds. The van der Waals surface area contributed by atoms with E-state index in [-0.39, 0.29) is 29.6 Å². The molecule has 1 N–H and O–H groups in total. The van der Waals surface area contributed by atoms with Crippen molar-refractivity contribution in [2.75, 3.05) is 16.5 Å². The van der Waals surface area contributed by atoms with E-state index in [9.17, 15) is 14.4 Å². The van der Waals surface area contributed by atoms with Crippen molar-refractivity contribution in [1.82, 2.24) is 5.43 Å². The zero-order valence-electron chi connectivity index (χ0n) is 16.2. The molecule has 2 heterocycles. The lowest BCUT2D eigenvalue weighted by Gasteiger charge is -2.38. The number of hydrogen-bond acceptors (Lipinski definition) is 3. The molecule has 1 fully saturated rings. The molecule has 2 aliphatic heterocycles. The monoisotopic (exact) mass is 465 g/mol. The number of carbonyl (C=O) groups excluding carboxylic acids is 3. The lowest BCUT2D eigenvalue weighted by atomic mass is 9.80. The fraction of sp³-hybridized carbons (Fsp3) is 0.261. The Hall–Kier alpha value is -2.93. The van der Waals surface area contributed by atoms with E-state index in [1.807, 2.05) is 30.4 Å². The lowest BCUT2D eigenvalue weighted by Crippen LogP contribution is -2.59. The molecule has 0 bridgehead atoms. The summed E-state index contributed by atoms with van der Waals surface area (Å²) in [5.41, 5.74) is 5.74. The Balaban J connectivity index is 1.43. The number of halogens is 1. The highest BCUT2D eigenvalue weighted by atomic mass is 79.9. The van der Waals surface area contributed by atoms with Gasteiger partial charge in [0.1, 0.15) is 0 Å². The predicted molar refractivity (Wildman–Crippen MR) is 117 cm³/mol. The lowest BCUT2D eigenvalue weighted by molar-refractivity contribution is -0.139. The molecule has 6 nitrogen and oxygen atoms in total. The Morgan fingerprint density at radius 3 is 2.67 bits per heavy atom. The summed E-state index contributed by atoms with van der Waals surface area (Å²) in [4.78, 5) is 40.5. The van der Waals surface area contributed by atoms with Crippen molar-refractivity contribution < 1.29 is 14.4 Å². The van der Waals surface area contributed by atoms with Gasteiger partial charge in [-0.15, -0.1) is 0 Å². The first-order valence-corrected chi connectivity index (χ1v) is 10.8. The van der Waals surface area contributed by atoms with Crippen LogP contribution in [0.25, 0.3) is 0 Å². The molecular weight excluding hydrogens is 446 g/mol. The molecule has 2 aromatic carbocycles. The fourth-order valence-corrected chi connectivity index (χ4v) is 4.91. The zero-order valence-corrected chi connectivity index (χ0v) is 17.8. The molecule has 2 atom stereocenters. The molecule has 2 aromatic rings. The van der Waals surface area contributed by atoms with Crippen LogP contribution in [0.1, 0.15) is 28.8 Å². The second-order valence-electron chi connectivity index (χ2n) is 7.84. The fourth-order valence-electron chi connectivity index (χ4n) is 4.50. The molecule has 1 saturated heterocycles. The SMILES string of the molecule is O=C1NN(c2cccc(C(=O)N3CCc4cc(Br)ccc43)c2)C(=O)C2CC=CCC12. The molecule has 5 rings (SSSR count). The third-order valence-electron chi connectivity index (χ3n) is 6.06. The van der Waals surface area contributed by atoms with Crippen LogP contribution in [-0.4, -0.2) is 24.3 Å². The van der Waals surface area contributed by atoms with Gasteiger partial charge < -0.3 is 4.90 Å². The topological polar surface area (TPSA) is 69.7 Å². The van der Waals surface area contributed by atoms with E-state index in [1.165, 1.54) is 5.01 Å². The predicted octanol–water partition coefficient (Wildman–Crippen LogP) is 3.61. The first-order valence-electron chi connectivity index (χ1n) is 10.0. The molecule has 1 aliphatic carbocycles. The number of carbonyl (C=O) groups is 3. The highest BCUT2D eigenvalue weighted by molar-refractivity contribution is 9.10. The smallest absolute Gasteiger partial charge is 0.258 e. The standard InChI is InChI=1S/C23H20BrN3O3/c24-16-8-9-20-14(12-16)10-11-26(20)22(29)15-4-3-5-17(13-15)27-23(30)19-7-2-1-6-18(19)21(28)25-27/h1-5,8-9,12-13,18-19H,6-7,10-11H2,(H,25,28). The number of fused-ring (bicyclic) bond motifs is 2. The number of nitrogens with zero attached hydrogens (tertiary/aromatic N) is 2. The molecule has 3 aliphatic rings. The van der Waals surface area contributed by atoms with Crippen molar-refractivity contribution in [3.63, 3.8) is 0 Å². The van der Waals surface area contributed by atoms with Gasteiger partial charge in [0.05, 0.1) is 17.5 Å². The number of anilines is 2. The van der Waals surface area contributed by atoms with Crippen LogP contribution < -0.4 is 15.3 Å². The van der Waals surface area contributed by atoms with Crippen LogP contribution in [0.4, 0.5) is 11.4 Å². The highest BCUT2D eigenvalue weighted by Crippen LogP contribution is 2.34. The number of amides is 3.